The molecule has 0 aliphatic carbocycles. The standard InChI is InChI=1S/C18H20N4O4S2/c1-11-3-4-14-20-15(19-5-7-23)12(16(24)22(14)10-11)9-13-17(25)21(6-8-26-2)18(27)28-13/h3-4,9-10,19,23H,5-8H2,1-2H3. The Morgan fingerprint density at radius 2 is 2.18 bits per heavy atom. The largest absolute Gasteiger partial charge is 0.395 e. The molecular weight excluding hydrogens is 400 g/mol. The number of nitrogens with one attached hydrogen (secondary N) is 1. The van der Waals surface area contributed by atoms with E-state index in [2.05, 4.69) is 10.3 Å². The van der Waals surface area contributed by atoms with Crippen molar-refractivity contribution in [3.05, 3.63) is 44.7 Å². The summed E-state index contributed by atoms with van der Waals surface area (Å²) in [6, 6.07) is 3.60. The predicted octanol–water partition coefficient (Wildman–Crippen LogP) is 1.25. The number of nitrogens with zero attached hydrogens (tertiary/aromatic N) is 3. The first-order chi connectivity index (χ1) is 13.5. The minimum Gasteiger partial charge on any atom is -0.395 e. The second-order valence-corrected chi connectivity index (χ2v) is 7.77. The number of hydrogen-bond donors (Lipinski definition) is 2. The molecular formula is C18H20N4O4S2. The molecule has 10 heteroatoms. The van der Waals surface area contributed by atoms with Crippen molar-refractivity contribution in [3.8, 4) is 0 Å². The number of ether oxygens (including phenoxy) is 1. The first kappa shape index (κ1) is 20.5. The molecule has 0 aromatic carbocycles. The molecule has 2 aromatic heterocycles. The third kappa shape index (κ3) is 4.09. The Labute approximate surface area is 171 Å². The summed E-state index contributed by atoms with van der Waals surface area (Å²) in [4.78, 5) is 32.0. The van der Waals surface area contributed by atoms with Gasteiger partial charge in [-0.1, -0.05) is 30.0 Å². The summed E-state index contributed by atoms with van der Waals surface area (Å²) >= 11 is 6.42. The van der Waals surface area contributed by atoms with Crippen LogP contribution in [0.3, 0.4) is 0 Å². The van der Waals surface area contributed by atoms with Gasteiger partial charge in [-0.2, -0.15) is 0 Å². The maximum atomic E-state index is 13.1. The molecule has 0 saturated carbocycles. The summed E-state index contributed by atoms with van der Waals surface area (Å²) in [5.74, 6) is 0.0407. The number of aromatic nitrogens is 2. The van der Waals surface area contributed by atoms with Gasteiger partial charge in [-0.05, 0) is 24.6 Å². The third-order valence-corrected chi connectivity index (χ3v) is 5.46. The van der Waals surface area contributed by atoms with Crippen LogP contribution in [0.4, 0.5) is 5.82 Å². The van der Waals surface area contributed by atoms with Crippen LogP contribution >= 0.6 is 24.0 Å². The van der Waals surface area contributed by atoms with E-state index in [0.29, 0.717) is 33.8 Å². The van der Waals surface area contributed by atoms with Gasteiger partial charge in [-0.3, -0.25) is 18.9 Å². The Bertz CT molecular complexity index is 1020. The van der Waals surface area contributed by atoms with Crippen molar-refractivity contribution in [2.24, 2.45) is 0 Å². The van der Waals surface area contributed by atoms with Crippen molar-refractivity contribution >= 4 is 51.7 Å². The summed E-state index contributed by atoms with van der Waals surface area (Å²) in [6.07, 6.45) is 3.21. The molecule has 0 bridgehead atoms. The molecule has 2 N–H and O–H groups in total. The van der Waals surface area contributed by atoms with Crippen molar-refractivity contribution < 1.29 is 14.6 Å². The monoisotopic (exact) mass is 420 g/mol. The van der Waals surface area contributed by atoms with Crippen LogP contribution in [0, 0.1) is 6.92 Å². The van der Waals surface area contributed by atoms with E-state index >= 15 is 0 Å². The summed E-state index contributed by atoms with van der Waals surface area (Å²) in [6.45, 7) is 2.70. The summed E-state index contributed by atoms with van der Waals surface area (Å²) in [5, 5.41) is 12.1. The Morgan fingerprint density at radius 3 is 2.89 bits per heavy atom. The van der Waals surface area contributed by atoms with Crippen LogP contribution in [0.15, 0.2) is 28.0 Å². The molecule has 28 heavy (non-hydrogen) atoms. The van der Waals surface area contributed by atoms with Crippen LogP contribution in [0.1, 0.15) is 11.1 Å². The molecule has 1 saturated heterocycles. The van der Waals surface area contributed by atoms with Crippen molar-refractivity contribution in [1.29, 1.82) is 0 Å². The normalized spacial score (nSPS) is 15.8. The molecule has 3 rings (SSSR count). The lowest BCUT2D eigenvalue weighted by Crippen LogP contribution is -2.31. The molecule has 0 unspecified atom stereocenters. The Morgan fingerprint density at radius 1 is 1.39 bits per heavy atom. The van der Waals surface area contributed by atoms with Gasteiger partial charge in [0.05, 0.1) is 30.2 Å². The number of methoxy groups -OCH3 is 1. The van der Waals surface area contributed by atoms with Crippen molar-refractivity contribution in [1.82, 2.24) is 14.3 Å². The fourth-order valence-electron chi connectivity index (χ4n) is 2.70. The lowest BCUT2D eigenvalue weighted by atomic mass is 10.2. The lowest BCUT2D eigenvalue weighted by molar-refractivity contribution is -0.122. The van der Waals surface area contributed by atoms with Crippen LogP contribution in [-0.4, -0.2) is 63.0 Å². The molecule has 1 amide bonds. The minimum atomic E-state index is -0.309. The zero-order valence-corrected chi connectivity index (χ0v) is 17.1. The van der Waals surface area contributed by atoms with Crippen LogP contribution in [-0.2, 0) is 9.53 Å². The van der Waals surface area contributed by atoms with E-state index < -0.39 is 0 Å². The summed E-state index contributed by atoms with van der Waals surface area (Å²) < 4.78 is 6.88. The van der Waals surface area contributed by atoms with Gasteiger partial charge in [0.15, 0.2) is 0 Å². The van der Waals surface area contributed by atoms with E-state index in [-0.39, 0.29) is 30.2 Å². The zero-order chi connectivity index (χ0) is 20.3. The highest BCUT2D eigenvalue weighted by Gasteiger charge is 2.32. The SMILES string of the molecule is COCCN1C(=O)C(=Cc2c(NCCO)nc3ccc(C)cn3c2=O)SC1=S. The van der Waals surface area contributed by atoms with Crippen LogP contribution in [0.2, 0.25) is 0 Å². The van der Waals surface area contributed by atoms with E-state index in [4.69, 9.17) is 22.1 Å². The number of thiocarbonyl (C=S) groups is 1. The number of carbonyl (C=O) groups is 1. The van der Waals surface area contributed by atoms with Gasteiger partial charge in [0.2, 0.25) is 0 Å². The average Bonchev–Trinajstić information content (AvgIpc) is 2.94. The second kappa shape index (κ2) is 8.82. The van der Waals surface area contributed by atoms with E-state index in [0.717, 1.165) is 17.3 Å². The first-order valence-corrected chi connectivity index (χ1v) is 9.80. The molecule has 0 spiro atoms. The van der Waals surface area contributed by atoms with E-state index in [1.165, 1.54) is 15.4 Å². The molecule has 148 valence electrons. The maximum absolute atomic E-state index is 13.1. The first-order valence-electron chi connectivity index (χ1n) is 8.58. The smallest absolute Gasteiger partial charge is 0.267 e. The van der Waals surface area contributed by atoms with Crippen molar-refractivity contribution in [2.75, 3.05) is 38.7 Å². The van der Waals surface area contributed by atoms with Gasteiger partial charge in [-0.15, -0.1) is 0 Å². The van der Waals surface area contributed by atoms with Crippen LogP contribution < -0.4 is 10.9 Å². The van der Waals surface area contributed by atoms with Gasteiger partial charge in [0.1, 0.15) is 15.8 Å². The number of anilines is 1. The van der Waals surface area contributed by atoms with Crippen molar-refractivity contribution in [3.63, 3.8) is 0 Å². The van der Waals surface area contributed by atoms with Gasteiger partial charge in [-0.25, -0.2) is 4.98 Å². The number of pyridine rings is 1. The van der Waals surface area contributed by atoms with Crippen LogP contribution in [0.25, 0.3) is 11.7 Å². The number of hydrogen-bond acceptors (Lipinski definition) is 8. The van der Waals surface area contributed by atoms with Gasteiger partial charge in [0, 0.05) is 19.9 Å². The number of thioether (sulfide) groups is 1. The molecule has 1 aliphatic rings. The average molecular weight is 421 g/mol. The van der Waals surface area contributed by atoms with Crippen molar-refractivity contribution in [2.45, 2.75) is 6.92 Å². The quantitative estimate of drug-likeness (QED) is 0.511. The number of carbonyl (C=O) groups excluding carboxylic acids is 1. The third-order valence-electron chi connectivity index (χ3n) is 4.08. The second-order valence-electron chi connectivity index (χ2n) is 6.09. The molecule has 1 aliphatic heterocycles. The predicted molar refractivity (Wildman–Crippen MR) is 114 cm³/mol. The van der Waals surface area contributed by atoms with Gasteiger partial charge >= 0.3 is 0 Å². The number of fused-ring (bicyclic) bond motifs is 1. The number of aryl methyl sites for hydroxylation is 1. The van der Waals surface area contributed by atoms with E-state index in [1.807, 2.05) is 13.0 Å². The molecule has 0 radical (unpaired) electrons. The summed E-state index contributed by atoms with van der Waals surface area (Å²) in [5.41, 5.74) is 1.31. The van der Waals surface area contributed by atoms with Gasteiger partial charge < -0.3 is 15.2 Å². The Balaban J connectivity index is 2.09. The summed E-state index contributed by atoms with van der Waals surface area (Å²) in [7, 11) is 1.55. The minimum absolute atomic E-state index is 0.118. The van der Waals surface area contributed by atoms with Crippen LogP contribution in [0.5, 0.6) is 0 Å². The highest BCUT2D eigenvalue weighted by Crippen LogP contribution is 2.32. The fraction of sp³-hybridized carbons (Fsp3) is 0.333. The van der Waals surface area contributed by atoms with E-state index in [9.17, 15) is 9.59 Å². The highest BCUT2D eigenvalue weighted by molar-refractivity contribution is 8.26. The molecule has 0 atom stereocenters. The number of aliphatic hydroxyl groups is 1. The highest BCUT2D eigenvalue weighted by atomic mass is 32.2. The fourth-order valence-corrected chi connectivity index (χ4v) is 3.99. The molecule has 3 heterocycles. The van der Waals surface area contributed by atoms with E-state index in [1.54, 1.807) is 19.4 Å². The number of rotatable bonds is 7. The molecule has 2 aromatic rings. The molecule has 1 fully saturated rings. The molecule has 8 nitrogen and oxygen atoms in total. The maximum Gasteiger partial charge on any atom is 0.267 e. The topological polar surface area (TPSA) is 96.2 Å². The lowest BCUT2D eigenvalue weighted by Gasteiger charge is -2.13. The number of aliphatic hydroxyl groups excluding tert-OH is 1. The Kier molecular flexibility index (Phi) is 6.45. The Hall–Kier alpha value is -2.27. The number of amides is 1. The zero-order valence-electron chi connectivity index (χ0n) is 15.5. The van der Waals surface area contributed by atoms with Gasteiger partial charge in [0.25, 0.3) is 11.5 Å².